The molecule has 0 aliphatic carbocycles. The van der Waals surface area contributed by atoms with Gasteiger partial charge in [-0.15, -0.1) is 0 Å². The van der Waals surface area contributed by atoms with Gasteiger partial charge in [-0.3, -0.25) is 19.4 Å². The lowest BCUT2D eigenvalue weighted by Crippen LogP contribution is -2.45. The molecule has 3 aromatic rings. The van der Waals surface area contributed by atoms with E-state index in [2.05, 4.69) is 34.1 Å². The van der Waals surface area contributed by atoms with E-state index in [1.165, 1.54) is 17.9 Å². The van der Waals surface area contributed by atoms with Gasteiger partial charge in [-0.2, -0.15) is 0 Å². The minimum absolute atomic E-state index is 0.0312. The van der Waals surface area contributed by atoms with Gasteiger partial charge in [0.15, 0.2) is 12.4 Å². The number of benzene rings is 2. The highest BCUT2D eigenvalue weighted by Crippen LogP contribution is 2.14. The SMILES string of the molecule is O=C(COc1coc(CN2CCN(Cc3ccccc3)CC2)cc1=O)c1ccc(Cl)cc1. The number of carbonyl (C=O) groups excluding carboxylic acids is 1. The van der Waals surface area contributed by atoms with Gasteiger partial charge >= 0.3 is 0 Å². The summed E-state index contributed by atoms with van der Waals surface area (Å²) in [5.74, 6) is 0.380. The Morgan fingerprint density at radius 2 is 1.59 bits per heavy atom. The predicted molar refractivity (Wildman–Crippen MR) is 123 cm³/mol. The van der Waals surface area contributed by atoms with Gasteiger partial charge in [-0.25, -0.2) is 0 Å². The largest absolute Gasteiger partial charge is 0.478 e. The Morgan fingerprint density at radius 3 is 2.25 bits per heavy atom. The van der Waals surface area contributed by atoms with Crippen LogP contribution in [0.1, 0.15) is 21.7 Å². The first-order chi connectivity index (χ1) is 15.6. The molecule has 7 heteroatoms. The number of ketones is 1. The Labute approximate surface area is 192 Å². The Balaban J connectivity index is 1.26. The zero-order valence-corrected chi connectivity index (χ0v) is 18.5. The van der Waals surface area contributed by atoms with Crippen LogP contribution < -0.4 is 10.2 Å². The zero-order valence-electron chi connectivity index (χ0n) is 17.7. The van der Waals surface area contributed by atoms with Gasteiger partial charge in [-0.05, 0) is 29.8 Å². The van der Waals surface area contributed by atoms with Crippen molar-refractivity contribution in [1.29, 1.82) is 0 Å². The Bertz CT molecular complexity index is 1090. The summed E-state index contributed by atoms with van der Waals surface area (Å²) in [6, 6.07) is 18.4. The minimum atomic E-state index is -0.294. The normalized spacial score (nSPS) is 14.9. The maximum atomic E-state index is 12.4. The third-order valence-electron chi connectivity index (χ3n) is 5.47. The lowest BCUT2D eigenvalue weighted by molar-refractivity contribution is 0.0918. The molecule has 0 N–H and O–H groups in total. The predicted octanol–water partition coefficient (Wildman–Crippen LogP) is 3.87. The molecule has 4 rings (SSSR count). The van der Waals surface area contributed by atoms with Gasteiger partial charge in [0.1, 0.15) is 12.0 Å². The van der Waals surface area contributed by atoms with Crippen molar-refractivity contribution in [2.24, 2.45) is 0 Å². The van der Waals surface area contributed by atoms with Gasteiger partial charge < -0.3 is 9.15 Å². The average Bonchev–Trinajstić information content (AvgIpc) is 2.81. The third kappa shape index (κ3) is 6.07. The maximum absolute atomic E-state index is 12.4. The molecule has 0 saturated carbocycles. The van der Waals surface area contributed by atoms with Crippen LogP contribution in [0.2, 0.25) is 5.02 Å². The number of ether oxygens (including phenoxy) is 1. The summed E-state index contributed by atoms with van der Waals surface area (Å²) >= 11 is 5.83. The molecule has 1 aliphatic heterocycles. The molecule has 1 fully saturated rings. The van der Waals surface area contributed by atoms with Crippen LogP contribution in [-0.4, -0.2) is 48.4 Å². The standard InChI is InChI=1S/C25H25ClN2O4/c26-21-8-6-20(7-9-21)24(30)17-32-25-18-31-22(14-23(25)29)16-28-12-10-27(11-13-28)15-19-4-2-1-3-5-19/h1-9,14,18H,10-13,15-17H2. The quantitative estimate of drug-likeness (QED) is 0.483. The van der Waals surface area contributed by atoms with Crippen molar-refractivity contribution in [2.45, 2.75) is 13.1 Å². The number of Topliss-reactive ketones (excluding diaryl/α,β-unsaturated/α-hetero) is 1. The number of hydrogen-bond donors (Lipinski definition) is 0. The number of carbonyl (C=O) groups is 1. The molecule has 32 heavy (non-hydrogen) atoms. The molecule has 1 aliphatic rings. The van der Waals surface area contributed by atoms with Crippen LogP contribution in [0.5, 0.6) is 5.75 Å². The van der Waals surface area contributed by atoms with Crippen molar-refractivity contribution in [3.05, 3.63) is 99.1 Å². The van der Waals surface area contributed by atoms with E-state index in [9.17, 15) is 9.59 Å². The second kappa shape index (κ2) is 10.6. The molecule has 0 atom stereocenters. The maximum Gasteiger partial charge on any atom is 0.227 e. The molecule has 0 bridgehead atoms. The van der Waals surface area contributed by atoms with Gasteiger partial charge in [0, 0.05) is 49.4 Å². The monoisotopic (exact) mass is 452 g/mol. The molecule has 0 amide bonds. The zero-order chi connectivity index (χ0) is 22.3. The fourth-order valence-electron chi connectivity index (χ4n) is 3.66. The van der Waals surface area contributed by atoms with Gasteiger partial charge in [0.25, 0.3) is 0 Å². The van der Waals surface area contributed by atoms with E-state index in [1.54, 1.807) is 24.3 Å². The number of halogens is 1. The Kier molecular flexibility index (Phi) is 7.37. The smallest absolute Gasteiger partial charge is 0.227 e. The second-order valence-electron chi connectivity index (χ2n) is 7.83. The van der Waals surface area contributed by atoms with Crippen LogP contribution in [0.4, 0.5) is 0 Å². The first kappa shape index (κ1) is 22.3. The summed E-state index contributed by atoms with van der Waals surface area (Å²) in [7, 11) is 0. The highest BCUT2D eigenvalue weighted by molar-refractivity contribution is 6.30. The second-order valence-corrected chi connectivity index (χ2v) is 8.27. The molecule has 0 radical (unpaired) electrons. The van der Waals surface area contributed by atoms with Crippen molar-refractivity contribution >= 4 is 17.4 Å². The first-order valence-corrected chi connectivity index (χ1v) is 11.0. The highest BCUT2D eigenvalue weighted by Gasteiger charge is 2.18. The number of nitrogens with zero attached hydrogens (tertiary/aromatic N) is 2. The molecule has 1 saturated heterocycles. The van der Waals surface area contributed by atoms with Crippen LogP contribution in [0.25, 0.3) is 0 Å². The minimum Gasteiger partial charge on any atom is -0.478 e. The van der Waals surface area contributed by atoms with Crippen molar-refractivity contribution in [3.8, 4) is 5.75 Å². The Hall–Kier alpha value is -2.93. The molecule has 6 nitrogen and oxygen atoms in total. The first-order valence-electron chi connectivity index (χ1n) is 10.6. The van der Waals surface area contributed by atoms with Crippen LogP contribution in [0.15, 0.2) is 76.1 Å². The summed E-state index contributed by atoms with van der Waals surface area (Å²) in [6.45, 7) is 5.02. The number of rotatable bonds is 8. The lowest BCUT2D eigenvalue weighted by Gasteiger charge is -2.34. The molecule has 0 spiro atoms. The molecule has 2 heterocycles. The summed E-state index contributed by atoms with van der Waals surface area (Å²) in [4.78, 5) is 29.3. The fraction of sp³-hybridized carbons (Fsp3) is 0.280. The van der Waals surface area contributed by atoms with Crippen molar-refractivity contribution in [2.75, 3.05) is 32.8 Å². The highest BCUT2D eigenvalue weighted by atomic mass is 35.5. The van der Waals surface area contributed by atoms with E-state index in [0.29, 0.717) is 22.9 Å². The summed E-state index contributed by atoms with van der Waals surface area (Å²) in [6.07, 6.45) is 1.29. The summed E-state index contributed by atoms with van der Waals surface area (Å²) < 4.78 is 11.0. The molecule has 166 valence electrons. The average molecular weight is 453 g/mol. The molecule has 2 aromatic carbocycles. The van der Waals surface area contributed by atoms with Gasteiger partial charge in [0.2, 0.25) is 11.2 Å². The summed E-state index contributed by atoms with van der Waals surface area (Å²) in [5.41, 5.74) is 1.50. The van der Waals surface area contributed by atoms with Crippen LogP contribution in [0.3, 0.4) is 0 Å². The number of hydrogen-bond acceptors (Lipinski definition) is 6. The molecule has 0 unspecified atom stereocenters. The van der Waals surface area contributed by atoms with E-state index in [4.69, 9.17) is 20.8 Å². The van der Waals surface area contributed by atoms with E-state index in [1.807, 2.05) is 6.07 Å². The molecular weight excluding hydrogens is 428 g/mol. The van der Waals surface area contributed by atoms with E-state index in [-0.39, 0.29) is 23.6 Å². The van der Waals surface area contributed by atoms with Crippen LogP contribution in [-0.2, 0) is 13.1 Å². The van der Waals surface area contributed by atoms with E-state index >= 15 is 0 Å². The summed E-state index contributed by atoms with van der Waals surface area (Å²) in [5, 5.41) is 0.552. The third-order valence-corrected chi connectivity index (χ3v) is 5.72. The van der Waals surface area contributed by atoms with E-state index in [0.717, 1.165) is 32.7 Å². The topological polar surface area (TPSA) is 63.0 Å². The van der Waals surface area contributed by atoms with Crippen molar-refractivity contribution < 1.29 is 13.9 Å². The fourth-order valence-corrected chi connectivity index (χ4v) is 3.78. The lowest BCUT2D eigenvalue weighted by atomic mass is 10.1. The van der Waals surface area contributed by atoms with Gasteiger partial charge in [0.05, 0.1) is 6.54 Å². The van der Waals surface area contributed by atoms with E-state index < -0.39 is 0 Å². The van der Waals surface area contributed by atoms with Crippen LogP contribution in [0, 0.1) is 0 Å². The number of piperazine rings is 1. The molecular formula is C25H25ClN2O4. The Morgan fingerprint density at radius 1 is 0.938 bits per heavy atom. The van der Waals surface area contributed by atoms with Crippen molar-refractivity contribution in [3.63, 3.8) is 0 Å². The molecule has 1 aromatic heterocycles. The van der Waals surface area contributed by atoms with Crippen LogP contribution >= 0.6 is 11.6 Å². The van der Waals surface area contributed by atoms with Gasteiger partial charge in [-0.1, -0.05) is 41.9 Å². The van der Waals surface area contributed by atoms with Crippen molar-refractivity contribution in [1.82, 2.24) is 9.80 Å².